The van der Waals surface area contributed by atoms with Gasteiger partial charge in [0, 0.05) is 0 Å². The Morgan fingerprint density at radius 3 is 2.39 bits per heavy atom. The van der Waals surface area contributed by atoms with Gasteiger partial charge in [-0.2, -0.15) is 0 Å². The van der Waals surface area contributed by atoms with Crippen LogP contribution in [0.4, 0.5) is 0 Å². The van der Waals surface area contributed by atoms with Crippen LogP contribution in [0.15, 0.2) is 54.6 Å². The van der Waals surface area contributed by atoms with Gasteiger partial charge in [0.15, 0.2) is 5.78 Å². The van der Waals surface area contributed by atoms with Gasteiger partial charge in [-0.05, 0) is 24.6 Å². The summed E-state index contributed by atoms with van der Waals surface area (Å²) in [5.74, 6) is 0.638. The molecule has 2 aromatic rings. The molecule has 1 aliphatic rings. The van der Waals surface area contributed by atoms with Crippen molar-refractivity contribution in [1.29, 1.82) is 0 Å². The van der Waals surface area contributed by atoms with Crippen LogP contribution in [-0.4, -0.2) is 11.9 Å². The van der Waals surface area contributed by atoms with E-state index in [0.29, 0.717) is 11.3 Å². The number of hydrogen-bond acceptors (Lipinski definition) is 2. The number of benzene rings is 2. The summed E-state index contributed by atoms with van der Waals surface area (Å²) in [6.07, 6.45) is -0.130. The summed E-state index contributed by atoms with van der Waals surface area (Å²) in [4.78, 5) is 12.5. The van der Waals surface area contributed by atoms with E-state index in [1.165, 1.54) is 0 Å². The third-order valence-electron chi connectivity index (χ3n) is 3.38. The fraction of sp³-hybridized carbons (Fsp3) is 0.188. The van der Waals surface area contributed by atoms with Crippen LogP contribution in [0.3, 0.4) is 0 Å². The van der Waals surface area contributed by atoms with Crippen molar-refractivity contribution in [2.45, 2.75) is 18.9 Å². The normalized spacial score (nSPS) is 22.2. The van der Waals surface area contributed by atoms with Crippen LogP contribution in [0.5, 0.6) is 5.75 Å². The average molecular weight is 238 g/mol. The van der Waals surface area contributed by atoms with Crippen molar-refractivity contribution in [3.8, 4) is 5.75 Å². The van der Waals surface area contributed by atoms with Crippen LogP contribution >= 0.6 is 0 Å². The molecule has 3 rings (SSSR count). The maximum atomic E-state index is 12.5. The highest BCUT2D eigenvalue weighted by Gasteiger charge is 2.35. The number of hydrogen-bond donors (Lipinski definition) is 0. The molecule has 1 aliphatic heterocycles. The lowest BCUT2D eigenvalue weighted by Gasteiger charge is -2.30. The first-order chi connectivity index (χ1) is 8.77. The SMILES string of the molecule is C[C@H]1Oc2ccccc2C(=O)C1c1ccccc1. The van der Waals surface area contributed by atoms with Gasteiger partial charge in [-0.3, -0.25) is 4.79 Å². The number of ketones is 1. The maximum absolute atomic E-state index is 12.5. The molecule has 18 heavy (non-hydrogen) atoms. The number of para-hydroxylation sites is 1. The lowest BCUT2D eigenvalue weighted by atomic mass is 9.84. The van der Waals surface area contributed by atoms with E-state index in [4.69, 9.17) is 4.74 Å². The summed E-state index contributed by atoms with van der Waals surface area (Å²) in [5.41, 5.74) is 1.70. The van der Waals surface area contributed by atoms with Crippen LogP contribution in [0.1, 0.15) is 28.8 Å². The fourth-order valence-corrected chi connectivity index (χ4v) is 2.50. The van der Waals surface area contributed by atoms with Gasteiger partial charge in [0.2, 0.25) is 0 Å². The van der Waals surface area contributed by atoms with Crippen LogP contribution in [0, 0.1) is 0 Å². The highest BCUT2D eigenvalue weighted by Crippen LogP contribution is 2.35. The minimum atomic E-state index is -0.207. The predicted octanol–water partition coefficient (Wildman–Crippen LogP) is 3.43. The second-order valence-corrected chi connectivity index (χ2v) is 4.57. The van der Waals surface area contributed by atoms with E-state index in [1.807, 2.05) is 61.5 Å². The molecule has 1 heterocycles. The van der Waals surface area contributed by atoms with Gasteiger partial charge in [-0.15, -0.1) is 0 Å². The Bertz CT molecular complexity index is 575. The quantitative estimate of drug-likeness (QED) is 0.760. The highest BCUT2D eigenvalue weighted by molar-refractivity contribution is 6.04. The summed E-state index contributed by atoms with van der Waals surface area (Å²) in [6.45, 7) is 1.95. The molecule has 0 saturated carbocycles. The molecule has 2 nitrogen and oxygen atoms in total. The maximum Gasteiger partial charge on any atom is 0.177 e. The average Bonchev–Trinajstić information content (AvgIpc) is 2.40. The minimum absolute atomic E-state index is 0.130. The molecule has 2 aromatic carbocycles. The van der Waals surface area contributed by atoms with Gasteiger partial charge in [-0.25, -0.2) is 0 Å². The molecular formula is C16H14O2. The van der Waals surface area contributed by atoms with Gasteiger partial charge in [0.1, 0.15) is 11.9 Å². The molecule has 0 fully saturated rings. The Kier molecular flexibility index (Phi) is 2.63. The first kappa shape index (κ1) is 11.0. The van der Waals surface area contributed by atoms with Gasteiger partial charge < -0.3 is 4.74 Å². The van der Waals surface area contributed by atoms with Crippen molar-refractivity contribution >= 4 is 5.78 Å². The molecule has 0 saturated heterocycles. The topological polar surface area (TPSA) is 26.3 Å². The number of carbonyl (C=O) groups excluding carboxylic acids is 1. The molecule has 1 unspecified atom stereocenters. The Labute approximate surface area is 106 Å². The Hall–Kier alpha value is -2.09. The predicted molar refractivity (Wildman–Crippen MR) is 70.0 cm³/mol. The molecule has 0 amide bonds. The van der Waals surface area contributed by atoms with Crippen LogP contribution in [-0.2, 0) is 0 Å². The molecule has 0 radical (unpaired) electrons. The van der Waals surface area contributed by atoms with Gasteiger partial charge in [0.05, 0.1) is 11.5 Å². The number of carbonyl (C=O) groups is 1. The highest BCUT2D eigenvalue weighted by atomic mass is 16.5. The summed E-state index contributed by atoms with van der Waals surface area (Å²) in [5, 5.41) is 0. The van der Waals surface area contributed by atoms with E-state index in [1.54, 1.807) is 0 Å². The second kappa shape index (κ2) is 4.30. The summed E-state index contributed by atoms with van der Waals surface area (Å²) in [7, 11) is 0. The standard InChI is InChI=1S/C16H14O2/c1-11-15(12-7-3-2-4-8-12)16(17)13-9-5-6-10-14(13)18-11/h2-11,15H,1H3/t11-,15?/m1/s1. The fourth-order valence-electron chi connectivity index (χ4n) is 2.50. The molecule has 0 bridgehead atoms. The largest absolute Gasteiger partial charge is 0.489 e. The second-order valence-electron chi connectivity index (χ2n) is 4.57. The van der Waals surface area contributed by atoms with E-state index in [2.05, 4.69) is 0 Å². The lowest BCUT2D eigenvalue weighted by molar-refractivity contribution is 0.0810. The molecule has 2 heteroatoms. The van der Waals surface area contributed by atoms with E-state index in [9.17, 15) is 4.79 Å². The zero-order valence-corrected chi connectivity index (χ0v) is 10.2. The number of ether oxygens (including phenoxy) is 1. The molecule has 90 valence electrons. The van der Waals surface area contributed by atoms with Crippen molar-refractivity contribution < 1.29 is 9.53 Å². The van der Waals surface area contributed by atoms with Gasteiger partial charge >= 0.3 is 0 Å². The van der Waals surface area contributed by atoms with Gasteiger partial charge in [-0.1, -0.05) is 42.5 Å². The van der Waals surface area contributed by atoms with E-state index in [0.717, 1.165) is 5.56 Å². The molecule has 0 N–H and O–H groups in total. The van der Waals surface area contributed by atoms with Gasteiger partial charge in [0.25, 0.3) is 0 Å². The molecule has 0 aromatic heterocycles. The monoisotopic (exact) mass is 238 g/mol. The lowest BCUT2D eigenvalue weighted by Crippen LogP contribution is -2.33. The van der Waals surface area contributed by atoms with Crippen molar-refractivity contribution in [3.05, 3.63) is 65.7 Å². The molecular weight excluding hydrogens is 224 g/mol. The minimum Gasteiger partial charge on any atom is -0.489 e. The van der Waals surface area contributed by atoms with E-state index < -0.39 is 0 Å². The number of fused-ring (bicyclic) bond motifs is 1. The van der Waals surface area contributed by atoms with Crippen molar-refractivity contribution in [3.63, 3.8) is 0 Å². The Balaban J connectivity index is 2.06. The first-order valence-corrected chi connectivity index (χ1v) is 6.12. The zero-order chi connectivity index (χ0) is 12.5. The van der Waals surface area contributed by atoms with Crippen molar-refractivity contribution in [2.75, 3.05) is 0 Å². The molecule has 0 aliphatic carbocycles. The van der Waals surface area contributed by atoms with E-state index in [-0.39, 0.29) is 17.8 Å². The number of rotatable bonds is 1. The van der Waals surface area contributed by atoms with Crippen molar-refractivity contribution in [1.82, 2.24) is 0 Å². The smallest absolute Gasteiger partial charge is 0.177 e. The zero-order valence-electron chi connectivity index (χ0n) is 10.2. The Morgan fingerprint density at radius 2 is 1.61 bits per heavy atom. The van der Waals surface area contributed by atoms with Crippen LogP contribution < -0.4 is 4.74 Å². The summed E-state index contributed by atoms with van der Waals surface area (Å²) in [6, 6.07) is 17.3. The summed E-state index contributed by atoms with van der Waals surface area (Å²) >= 11 is 0. The van der Waals surface area contributed by atoms with E-state index >= 15 is 0 Å². The van der Waals surface area contributed by atoms with Crippen LogP contribution in [0.2, 0.25) is 0 Å². The van der Waals surface area contributed by atoms with Crippen LogP contribution in [0.25, 0.3) is 0 Å². The summed E-state index contributed by atoms with van der Waals surface area (Å²) < 4.78 is 5.85. The molecule has 0 spiro atoms. The Morgan fingerprint density at radius 1 is 0.944 bits per heavy atom. The first-order valence-electron chi connectivity index (χ1n) is 6.12. The third-order valence-corrected chi connectivity index (χ3v) is 3.38. The third kappa shape index (κ3) is 1.70. The number of Topliss-reactive ketones (excluding diaryl/α,β-unsaturated/α-hetero) is 1. The molecule has 2 atom stereocenters. The van der Waals surface area contributed by atoms with Crippen molar-refractivity contribution in [2.24, 2.45) is 0 Å².